The molecule has 4 N–H and O–H groups in total. The normalized spacial score (nSPS) is 18.7. The second-order valence-electron chi connectivity index (χ2n) is 22.9. The molecule has 4 aromatic heterocycles. The maximum Gasteiger partial charge on any atom is 0.267 e. The van der Waals surface area contributed by atoms with Crippen molar-refractivity contribution in [2.75, 3.05) is 55.6 Å². The van der Waals surface area contributed by atoms with E-state index in [4.69, 9.17) is 83.8 Å². The summed E-state index contributed by atoms with van der Waals surface area (Å²) in [7, 11) is 0. The van der Waals surface area contributed by atoms with Gasteiger partial charge in [-0.15, -0.1) is 0 Å². The summed E-state index contributed by atoms with van der Waals surface area (Å²) in [6, 6.07) is 12.3. The monoisotopic (exact) mass is 1370 g/mol. The van der Waals surface area contributed by atoms with Crippen LogP contribution in [0.25, 0.3) is 38.5 Å². The van der Waals surface area contributed by atoms with Gasteiger partial charge in [-0.25, -0.2) is 41.3 Å². The van der Waals surface area contributed by atoms with Crippen molar-refractivity contribution >= 4 is 119 Å². The molecule has 6 aromatic carbocycles. The first kappa shape index (κ1) is 62.4. The number of fused-ring (bicyclic) bond motifs is 3. The summed E-state index contributed by atoms with van der Waals surface area (Å²) >= 11 is 40.1. The van der Waals surface area contributed by atoms with E-state index < -0.39 is 80.3 Å². The van der Waals surface area contributed by atoms with Crippen LogP contribution in [0.15, 0.2) is 106 Å². The van der Waals surface area contributed by atoms with Crippen molar-refractivity contribution in [3.05, 3.63) is 216 Å². The largest absolute Gasteiger partial charge is 0.379 e. The van der Waals surface area contributed by atoms with Gasteiger partial charge in [-0.2, -0.15) is 5.10 Å². The van der Waals surface area contributed by atoms with E-state index in [1.165, 1.54) is 57.8 Å². The van der Waals surface area contributed by atoms with E-state index >= 15 is 26.3 Å². The number of hydrogen-bond acceptors (Lipinski definition) is 13. The number of ether oxygens (including phenoxy) is 3. The maximum atomic E-state index is 17.6. The Morgan fingerprint density at radius 1 is 0.516 bits per heavy atom. The second kappa shape index (κ2) is 23.9. The fourth-order valence-corrected chi connectivity index (χ4v) is 14.1. The molecule has 29 heteroatoms. The topological polar surface area (TPSA) is 197 Å². The Balaban J connectivity index is 0.777. The molecule has 91 heavy (non-hydrogen) atoms. The van der Waals surface area contributed by atoms with Gasteiger partial charge < -0.3 is 30.2 Å². The van der Waals surface area contributed by atoms with Crippen molar-refractivity contribution in [2.45, 2.75) is 68.2 Å². The van der Waals surface area contributed by atoms with E-state index in [1.54, 1.807) is 13.8 Å². The Morgan fingerprint density at radius 3 is 1.38 bits per heavy atom. The quantitative estimate of drug-likeness (QED) is 0.0527. The molecule has 13 rings (SSSR count). The third kappa shape index (κ3) is 10.8. The lowest BCUT2D eigenvalue weighted by Crippen LogP contribution is -2.53. The number of nitrogens with one attached hydrogen (secondary N) is 4. The summed E-state index contributed by atoms with van der Waals surface area (Å²) in [4.78, 5) is 55.3. The molecule has 470 valence electrons. The molecule has 0 amide bonds. The number of anilines is 3. The van der Waals surface area contributed by atoms with E-state index in [2.05, 4.69) is 41.1 Å². The van der Waals surface area contributed by atoms with E-state index in [9.17, 15) is 14.4 Å². The number of H-pyrrole nitrogens is 1. The zero-order chi connectivity index (χ0) is 64.2. The zero-order valence-electron chi connectivity index (χ0n) is 47.5. The number of halogens is 12. The van der Waals surface area contributed by atoms with Crippen molar-refractivity contribution in [2.24, 2.45) is 0 Å². The minimum atomic E-state index is -1.54. The smallest absolute Gasteiger partial charge is 0.267 e. The molecule has 10 aromatic rings. The van der Waals surface area contributed by atoms with Crippen LogP contribution < -0.4 is 32.6 Å². The summed E-state index contributed by atoms with van der Waals surface area (Å²) in [5.74, 6) is -4.67. The summed E-state index contributed by atoms with van der Waals surface area (Å²) in [5, 5.41) is 15.1. The van der Waals surface area contributed by atoms with Crippen molar-refractivity contribution in [3.8, 4) is 5.82 Å². The number of aromatic amines is 1. The fraction of sp³-hybridized carbons (Fsp3) is 0.274. The predicted octanol–water partition coefficient (Wildman–Crippen LogP) is 13.7. The minimum Gasteiger partial charge on any atom is -0.379 e. The third-order valence-corrected chi connectivity index (χ3v) is 19.4. The number of rotatable bonds is 16. The predicted molar refractivity (Wildman–Crippen MR) is 335 cm³/mol. The molecular weight excluding hydrogens is 1320 g/mol. The van der Waals surface area contributed by atoms with E-state index in [-0.39, 0.29) is 179 Å². The van der Waals surface area contributed by atoms with Crippen molar-refractivity contribution < 1.29 is 40.6 Å². The Morgan fingerprint density at radius 2 is 0.945 bits per heavy atom. The van der Waals surface area contributed by atoms with E-state index in [0.29, 0.717) is 0 Å². The van der Waals surface area contributed by atoms with Crippen LogP contribution in [0.3, 0.4) is 0 Å². The molecule has 4 atom stereocenters. The van der Waals surface area contributed by atoms with Crippen molar-refractivity contribution in [3.63, 3.8) is 0 Å². The van der Waals surface area contributed by atoms with Gasteiger partial charge in [0, 0.05) is 78.0 Å². The molecule has 3 aliphatic rings. The zero-order valence-corrected chi connectivity index (χ0v) is 52.0. The van der Waals surface area contributed by atoms with Gasteiger partial charge in [0.05, 0.1) is 103 Å². The van der Waals surface area contributed by atoms with Gasteiger partial charge >= 0.3 is 0 Å². The van der Waals surface area contributed by atoms with Gasteiger partial charge in [0.25, 0.3) is 16.7 Å². The average Bonchev–Trinajstić information content (AvgIpc) is 1.36. The molecule has 7 heterocycles. The van der Waals surface area contributed by atoms with Gasteiger partial charge in [-0.3, -0.25) is 33.2 Å². The lowest BCUT2D eigenvalue weighted by atomic mass is 9.85. The summed E-state index contributed by atoms with van der Waals surface area (Å²) in [6.45, 7) is 2.92. The second-order valence-corrected chi connectivity index (χ2v) is 25.3. The average molecular weight is 1370 g/mol. The highest BCUT2D eigenvalue weighted by atomic mass is 35.5. The maximum absolute atomic E-state index is 17.6. The molecule has 3 saturated heterocycles. The molecule has 0 saturated carbocycles. The van der Waals surface area contributed by atoms with Crippen LogP contribution >= 0.6 is 69.6 Å². The lowest BCUT2D eigenvalue weighted by molar-refractivity contribution is -0.0462. The number of aromatic nitrogens is 8. The van der Waals surface area contributed by atoms with Gasteiger partial charge in [0.2, 0.25) is 0 Å². The van der Waals surface area contributed by atoms with Crippen molar-refractivity contribution in [1.82, 2.24) is 38.9 Å². The molecule has 3 aliphatic heterocycles. The molecule has 0 spiro atoms. The van der Waals surface area contributed by atoms with E-state index in [0.717, 1.165) is 47.8 Å². The molecule has 0 aliphatic carbocycles. The highest BCUT2D eigenvalue weighted by molar-refractivity contribution is 6.43. The third-order valence-electron chi connectivity index (χ3n) is 17.1. The molecular formula is C62H47Cl6F6N11O6. The van der Waals surface area contributed by atoms with Gasteiger partial charge in [0.1, 0.15) is 51.7 Å². The number of hydrogen-bond donors (Lipinski definition) is 4. The van der Waals surface area contributed by atoms with Crippen LogP contribution in [0.4, 0.5) is 43.4 Å². The summed E-state index contributed by atoms with van der Waals surface area (Å²) in [5.41, 5.74) is -7.15. The minimum absolute atomic E-state index is 0.000973. The van der Waals surface area contributed by atoms with Crippen LogP contribution in [0.2, 0.25) is 30.1 Å². The Kier molecular flexibility index (Phi) is 16.4. The van der Waals surface area contributed by atoms with Crippen LogP contribution in [-0.2, 0) is 43.7 Å². The number of benzene rings is 6. The highest BCUT2D eigenvalue weighted by Crippen LogP contribution is 2.47. The first-order valence-electron chi connectivity index (χ1n) is 28.2. The van der Waals surface area contributed by atoms with Gasteiger partial charge in [-0.05, 0) is 98.5 Å². The first-order valence-corrected chi connectivity index (χ1v) is 30.4. The summed E-state index contributed by atoms with van der Waals surface area (Å²) in [6.07, 6.45) is 4.77. The molecule has 0 radical (unpaired) electrons. The first-order chi connectivity index (χ1) is 43.5. The van der Waals surface area contributed by atoms with Crippen molar-refractivity contribution in [1.29, 1.82) is 0 Å². The Labute approximate surface area is 541 Å². The Bertz CT molecular complexity index is 4830. The van der Waals surface area contributed by atoms with E-state index in [1.807, 2.05) is 0 Å². The number of nitrogens with zero attached hydrogens (tertiary/aromatic N) is 7. The standard InChI is InChI=1S/C62H47Cl6F6N11O6/c1-28(83-25-75-54-35(57(83)86)15-32(18-42(54)70)79-60(6-9-89-21-60)46-41(69)4-3-38(63)49(46)66)11-30-13-39(64)50(67)47(52(30)73)61(7-10-90-22-61)80-33-16-36-55(43(71)19-33)76-26-84(58(36)87)29(2)12-31-14-40(65)51(68)48(53(31)74)62(23-91-24-62)81-34-17-37-56(44(72)20-34)77-27-85(59(37)88)45-5-8-78-82-45/h3-5,8,13-20,25-29,79-81H,6-7,9-12,21-24H2,1-2H3,(H,78,82)/t28?,29?,60-,61+/m0/s1. The molecule has 2 unspecified atom stereocenters. The molecule has 3 fully saturated rings. The fourth-order valence-electron chi connectivity index (χ4n) is 12.5. The van der Waals surface area contributed by atoms with Gasteiger partial charge in [0.15, 0.2) is 17.5 Å². The Hall–Kier alpha value is -7.45. The summed E-state index contributed by atoms with van der Waals surface area (Å²) < 4.78 is 119. The van der Waals surface area contributed by atoms with Crippen LogP contribution in [-0.4, -0.2) is 78.5 Å². The van der Waals surface area contributed by atoms with Crippen LogP contribution in [0.5, 0.6) is 0 Å². The van der Waals surface area contributed by atoms with Crippen LogP contribution in [0.1, 0.15) is 66.6 Å². The highest BCUT2D eigenvalue weighted by Gasteiger charge is 2.47. The SMILES string of the molecule is CC(Cc1cc(Cl)c(Cl)c(C2(Nc3cc(F)c4ncn(-c5ccn[nH]5)c(=O)c4c3)COC2)c1F)n1cnc2c(F)cc(N[C@]3(c4c(F)c(CC(C)n5cnc6c(F)cc(N[C@@]7(c8c(F)ccc(Cl)c8Cl)CCOC7)cc6c5=O)cc(Cl)c4Cl)CCOC3)cc2c1=O. The molecule has 17 nitrogen and oxygen atoms in total. The van der Waals surface area contributed by atoms with Gasteiger partial charge in [-0.1, -0.05) is 69.6 Å². The molecule has 0 bridgehead atoms. The van der Waals surface area contributed by atoms with Crippen LogP contribution in [0, 0.1) is 34.9 Å². The lowest BCUT2D eigenvalue weighted by Gasteiger charge is -2.44.